The van der Waals surface area contributed by atoms with E-state index in [0.29, 0.717) is 44.4 Å². The summed E-state index contributed by atoms with van der Waals surface area (Å²) in [7, 11) is 0. The maximum atomic E-state index is 12.2. The van der Waals surface area contributed by atoms with Gasteiger partial charge in [0, 0.05) is 49.7 Å². The standard InChI is InChI=1S/C24H30N4O4/c1-3-28(4-2)24(30)14-23-27-21(17-32-23)18-7-9-20(10-8-18)31-13-12-26-16-22(29)19-6-5-11-25-15-19/h5-11,15,17,22,26,29H,3-4,12-14,16H2,1-2H3. The molecule has 0 saturated carbocycles. The van der Waals surface area contributed by atoms with Crippen LogP contribution in [0.1, 0.15) is 31.4 Å². The highest BCUT2D eigenvalue weighted by Gasteiger charge is 2.15. The molecule has 0 fully saturated rings. The Bertz CT molecular complexity index is 956. The summed E-state index contributed by atoms with van der Waals surface area (Å²) >= 11 is 0. The van der Waals surface area contributed by atoms with Crippen LogP contribution < -0.4 is 10.1 Å². The largest absolute Gasteiger partial charge is 0.492 e. The van der Waals surface area contributed by atoms with Crippen LogP contribution in [-0.2, 0) is 11.2 Å². The van der Waals surface area contributed by atoms with Gasteiger partial charge in [-0.2, -0.15) is 0 Å². The first-order chi connectivity index (χ1) is 15.6. The Hall–Kier alpha value is -3.23. The molecule has 8 nitrogen and oxygen atoms in total. The molecule has 2 N–H and O–H groups in total. The van der Waals surface area contributed by atoms with Gasteiger partial charge in [0.2, 0.25) is 11.8 Å². The number of benzene rings is 1. The SMILES string of the molecule is CCN(CC)C(=O)Cc1nc(-c2ccc(OCCNCC(O)c3cccnc3)cc2)co1. The number of aliphatic hydroxyl groups excluding tert-OH is 1. The molecule has 0 bridgehead atoms. The summed E-state index contributed by atoms with van der Waals surface area (Å²) < 4.78 is 11.2. The molecule has 32 heavy (non-hydrogen) atoms. The van der Waals surface area contributed by atoms with Gasteiger partial charge in [0.15, 0.2) is 0 Å². The normalized spacial score (nSPS) is 11.8. The van der Waals surface area contributed by atoms with Crippen LogP contribution in [0.3, 0.4) is 0 Å². The Morgan fingerprint density at radius 3 is 2.69 bits per heavy atom. The number of ether oxygens (including phenoxy) is 1. The van der Waals surface area contributed by atoms with Crippen molar-refractivity contribution in [3.05, 3.63) is 66.5 Å². The molecule has 0 aliphatic carbocycles. The molecule has 0 spiro atoms. The number of amides is 1. The van der Waals surface area contributed by atoms with Gasteiger partial charge in [0.25, 0.3) is 0 Å². The van der Waals surface area contributed by atoms with Crippen molar-refractivity contribution in [3.63, 3.8) is 0 Å². The second kappa shape index (κ2) is 12.0. The number of rotatable bonds is 12. The Kier molecular flexibility index (Phi) is 8.77. The van der Waals surface area contributed by atoms with Crippen molar-refractivity contribution in [2.45, 2.75) is 26.4 Å². The molecular weight excluding hydrogens is 408 g/mol. The summed E-state index contributed by atoms with van der Waals surface area (Å²) in [5.41, 5.74) is 2.36. The topological polar surface area (TPSA) is 101 Å². The van der Waals surface area contributed by atoms with Crippen LogP contribution in [0.2, 0.25) is 0 Å². The van der Waals surface area contributed by atoms with Gasteiger partial charge in [-0.15, -0.1) is 0 Å². The average Bonchev–Trinajstić information content (AvgIpc) is 3.29. The smallest absolute Gasteiger partial charge is 0.231 e. The summed E-state index contributed by atoms with van der Waals surface area (Å²) in [5.74, 6) is 1.16. The number of hydrogen-bond donors (Lipinski definition) is 2. The van der Waals surface area contributed by atoms with Crippen molar-refractivity contribution < 1.29 is 19.1 Å². The van der Waals surface area contributed by atoms with Crippen LogP contribution >= 0.6 is 0 Å². The van der Waals surface area contributed by atoms with Gasteiger partial charge in [0.1, 0.15) is 30.7 Å². The van der Waals surface area contributed by atoms with Crippen LogP contribution in [0.15, 0.2) is 59.5 Å². The molecule has 2 aromatic heterocycles. The average molecular weight is 439 g/mol. The lowest BCUT2D eigenvalue weighted by Gasteiger charge is -2.17. The number of carbonyl (C=O) groups is 1. The first-order valence-electron chi connectivity index (χ1n) is 10.8. The van der Waals surface area contributed by atoms with Gasteiger partial charge >= 0.3 is 0 Å². The van der Waals surface area contributed by atoms with E-state index in [9.17, 15) is 9.90 Å². The maximum absolute atomic E-state index is 12.2. The lowest BCUT2D eigenvalue weighted by molar-refractivity contribution is -0.130. The Morgan fingerprint density at radius 2 is 2.00 bits per heavy atom. The van der Waals surface area contributed by atoms with E-state index >= 15 is 0 Å². The fourth-order valence-electron chi connectivity index (χ4n) is 3.23. The Labute approximate surface area is 188 Å². The van der Waals surface area contributed by atoms with Gasteiger partial charge in [-0.3, -0.25) is 9.78 Å². The minimum atomic E-state index is -0.599. The van der Waals surface area contributed by atoms with E-state index in [1.165, 1.54) is 0 Å². The zero-order chi connectivity index (χ0) is 22.8. The second-order valence-electron chi connectivity index (χ2n) is 7.25. The van der Waals surface area contributed by atoms with Crippen molar-refractivity contribution in [1.82, 2.24) is 20.2 Å². The molecule has 3 aromatic rings. The van der Waals surface area contributed by atoms with Crippen LogP contribution in [0.5, 0.6) is 5.75 Å². The molecule has 1 aromatic carbocycles. The van der Waals surface area contributed by atoms with Crippen molar-refractivity contribution in [3.8, 4) is 17.0 Å². The number of aliphatic hydroxyl groups is 1. The molecule has 1 unspecified atom stereocenters. The predicted octanol–water partition coefficient (Wildman–Crippen LogP) is 2.85. The molecule has 0 radical (unpaired) electrons. The van der Waals surface area contributed by atoms with Crippen LogP contribution in [0.25, 0.3) is 11.3 Å². The number of nitrogens with one attached hydrogen (secondary N) is 1. The van der Waals surface area contributed by atoms with E-state index in [-0.39, 0.29) is 12.3 Å². The quantitative estimate of drug-likeness (QED) is 0.419. The Morgan fingerprint density at radius 1 is 1.22 bits per heavy atom. The van der Waals surface area contributed by atoms with Crippen molar-refractivity contribution >= 4 is 5.91 Å². The molecule has 0 saturated heterocycles. The zero-order valence-electron chi connectivity index (χ0n) is 18.5. The third-order valence-electron chi connectivity index (χ3n) is 5.07. The number of likely N-dealkylation sites (N-methyl/N-ethyl adjacent to an activating group) is 1. The number of aromatic nitrogens is 2. The molecule has 0 aliphatic rings. The second-order valence-corrected chi connectivity index (χ2v) is 7.25. The lowest BCUT2D eigenvalue weighted by atomic mass is 10.1. The summed E-state index contributed by atoms with van der Waals surface area (Å²) in [6, 6.07) is 11.2. The van der Waals surface area contributed by atoms with Gasteiger partial charge in [-0.25, -0.2) is 4.98 Å². The first kappa shape index (κ1) is 23.4. The number of nitrogens with zero attached hydrogens (tertiary/aromatic N) is 3. The number of oxazole rings is 1. The summed E-state index contributed by atoms with van der Waals surface area (Å²) in [5, 5.41) is 13.3. The molecule has 8 heteroatoms. The number of hydrogen-bond acceptors (Lipinski definition) is 7. The summed E-state index contributed by atoms with van der Waals surface area (Å²) in [6.07, 6.45) is 4.46. The fraction of sp³-hybridized carbons (Fsp3) is 0.375. The molecule has 3 rings (SSSR count). The van der Waals surface area contributed by atoms with Crippen molar-refractivity contribution in [2.24, 2.45) is 0 Å². The molecule has 2 heterocycles. The first-order valence-corrected chi connectivity index (χ1v) is 10.8. The van der Waals surface area contributed by atoms with E-state index in [1.54, 1.807) is 29.6 Å². The third-order valence-corrected chi connectivity index (χ3v) is 5.07. The fourth-order valence-corrected chi connectivity index (χ4v) is 3.23. The van der Waals surface area contributed by atoms with E-state index in [1.807, 2.05) is 44.2 Å². The maximum Gasteiger partial charge on any atom is 0.231 e. The number of carbonyl (C=O) groups excluding carboxylic acids is 1. The molecular formula is C24H30N4O4. The molecule has 0 aliphatic heterocycles. The van der Waals surface area contributed by atoms with Gasteiger partial charge < -0.3 is 24.5 Å². The van der Waals surface area contributed by atoms with Crippen LogP contribution in [0.4, 0.5) is 0 Å². The zero-order valence-corrected chi connectivity index (χ0v) is 18.5. The highest BCUT2D eigenvalue weighted by molar-refractivity contribution is 5.78. The van der Waals surface area contributed by atoms with Gasteiger partial charge in [0.05, 0.1) is 6.10 Å². The van der Waals surface area contributed by atoms with E-state index in [4.69, 9.17) is 9.15 Å². The van der Waals surface area contributed by atoms with E-state index in [0.717, 1.165) is 16.9 Å². The molecule has 1 atom stereocenters. The third kappa shape index (κ3) is 6.63. The summed E-state index contributed by atoms with van der Waals surface area (Å²) in [6.45, 7) is 6.75. The lowest BCUT2D eigenvalue weighted by Crippen LogP contribution is -2.31. The van der Waals surface area contributed by atoms with Crippen molar-refractivity contribution in [2.75, 3.05) is 32.8 Å². The van der Waals surface area contributed by atoms with E-state index < -0.39 is 6.10 Å². The van der Waals surface area contributed by atoms with Crippen LogP contribution in [0, 0.1) is 0 Å². The molecule has 170 valence electrons. The number of pyridine rings is 1. The monoisotopic (exact) mass is 438 g/mol. The summed E-state index contributed by atoms with van der Waals surface area (Å²) in [4.78, 5) is 22.4. The van der Waals surface area contributed by atoms with Gasteiger partial charge in [-0.05, 0) is 44.2 Å². The Balaban J connectivity index is 1.42. The van der Waals surface area contributed by atoms with Crippen molar-refractivity contribution in [1.29, 1.82) is 0 Å². The van der Waals surface area contributed by atoms with Gasteiger partial charge in [-0.1, -0.05) is 6.07 Å². The highest BCUT2D eigenvalue weighted by atomic mass is 16.5. The predicted molar refractivity (Wildman–Crippen MR) is 121 cm³/mol. The van der Waals surface area contributed by atoms with Crippen LogP contribution in [-0.4, -0.2) is 58.7 Å². The minimum Gasteiger partial charge on any atom is -0.492 e. The molecule has 1 amide bonds. The highest BCUT2D eigenvalue weighted by Crippen LogP contribution is 2.22. The van der Waals surface area contributed by atoms with E-state index in [2.05, 4.69) is 15.3 Å². The minimum absolute atomic E-state index is 0.00807.